The molecule has 0 aliphatic carbocycles. The van der Waals surface area contributed by atoms with Crippen molar-refractivity contribution in [3.63, 3.8) is 0 Å². The van der Waals surface area contributed by atoms with Crippen molar-refractivity contribution in [2.75, 3.05) is 13.7 Å². The Hall–Kier alpha value is -1.76. The number of likely N-dealkylation sites (tertiary alicyclic amines) is 1. The molecule has 134 valence electrons. The zero-order valence-electron chi connectivity index (χ0n) is 14.8. The first-order valence-corrected chi connectivity index (χ1v) is 9.49. The molecule has 2 aromatic rings. The van der Waals surface area contributed by atoms with Crippen LogP contribution in [0.3, 0.4) is 0 Å². The topological polar surface area (TPSA) is 54.5 Å². The molecule has 1 aliphatic rings. The first kappa shape index (κ1) is 18.0. The number of nitrogens with zero attached hydrogens (tertiary/aromatic N) is 2. The molecule has 1 N–H and O–H groups in total. The molecule has 1 saturated heterocycles. The van der Waals surface area contributed by atoms with Crippen LogP contribution >= 0.6 is 11.3 Å². The van der Waals surface area contributed by atoms with E-state index < -0.39 is 0 Å². The molecule has 0 bridgehead atoms. The van der Waals surface area contributed by atoms with Crippen LogP contribution in [0.25, 0.3) is 0 Å². The lowest BCUT2D eigenvalue weighted by Gasteiger charge is -2.23. The second-order valence-corrected chi connectivity index (χ2v) is 7.55. The molecule has 1 aromatic heterocycles. The average molecular weight is 359 g/mol. The van der Waals surface area contributed by atoms with Crippen molar-refractivity contribution < 1.29 is 9.53 Å². The number of methoxy groups -OCH3 is 1. The molecule has 0 unspecified atom stereocenters. The third-order valence-electron chi connectivity index (χ3n) is 4.52. The van der Waals surface area contributed by atoms with Gasteiger partial charge in [-0.05, 0) is 31.9 Å². The molecule has 0 spiro atoms. The standard InChI is InChI=1S/C19H25N3O2S/c1-14-17(25-18(21-14)13-24-2)11-20-19(23)16-9-6-10-22(16)12-15-7-4-3-5-8-15/h3-5,7-8,16H,6,9-13H2,1-2H3,(H,20,23)/t16-/m0/s1. The number of aryl methyl sites for hydroxylation is 1. The normalized spacial score (nSPS) is 17.8. The van der Waals surface area contributed by atoms with E-state index in [1.807, 2.05) is 25.1 Å². The molecule has 5 nitrogen and oxygen atoms in total. The number of amides is 1. The fourth-order valence-corrected chi connectivity index (χ4v) is 4.23. The summed E-state index contributed by atoms with van der Waals surface area (Å²) in [6, 6.07) is 10.3. The van der Waals surface area contributed by atoms with E-state index in [1.165, 1.54) is 5.56 Å². The number of thiazole rings is 1. The molecule has 1 aromatic carbocycles. The minimum Gasteiger partial charge on any atom is -0.378 e. The lowest BCUT2D eigenvalue weighted by molar-refractivity contribution is -0.125. The second kappa shape index (κ2) is 8.56. The van der Waals surface area contributed by atoms with Gasteiger partial charge in [0.25, 0.3) is 0 Å². The Kier molecular flexibility index (Phi) is 6.18. The maximum absolute atomic E-state index is 12.7. The molecule has 1 atom stereocenters. The van der Waals surface area contributed by atoms with E-state index in [9.17, 15) is 4.79 Å². The summed E-state index contributed by atoms with van der Waals surface area (Å²) in [4.78, 5) is 20.5. The van der Waals surface area contributed by atoms with Gasteiger partial charge in [0.1, 0.15) is 5.01 Å². The number of rotatable bonds is 7. The van der Waals surface area contributed by atoms with Crippen molar-refractivity contribution in [3.8, 4) is 0 Å². The highest BCUT2D eigenvalue weighted by Crippen LogP contribution is 2.22. The Morgan fingerprint density at radius 3 is 2.96 bits per heavy atom. The van der Waals surface area contributed by atoms with Gasteiger partial charge < -0.3 is 10.1 Å². The first-order valence-electron chi connectivity index (χ1n) is 8.67. The van der Waals surface area contributed by atoms with E-state index in [1.54, 1.807) is 18.4 Å². The van der Waals surface area contributed by atoms with Crippen molar-refractivity contribution in [2.45, 2.75) is 45.5 Å². The van der Waals surface area contributed by atoms with Crippen LogP contribution in [0.15, 0.2) is 30.3 Å². The lowest BCUT2D eigenvalue weighted by Crippen LogP contribution is -2.42. The van der Waals surface area contributed by atoms with Gasteiger partial charge in [-0.2, -0.15) is 0 Å². The molecule has 6 heteroatoms. The summed E-state index contributed by atoms with van der Waals surface area (Å²) in [5.74, 6) is 0.120. The van der Waals surface area contributed by atoms with Crippen LogP contribution < -0.4 is 5.32 Å². The minimum absolute atomic E-state index is 0.0353. The number of carbonyl (C=O) groups excluding carboxylic acids is 1. The molecular formula is C19H25N3O2S. The molecule has 25 heavy (non-hydrogen) atoms. The van der Waals surface area contributed by atoms with E-state index in [0.717, 1.165) is 41.5 Å². The third kappa shape index (κ3) is 4.66. The lowest BCUT2D eigenvalue weighted by atomic mass is 10.1. The molecule has 3 rings (SSSR count). The van der Waals surface area contributed by atoms with E-state index in [-0.39, 0.29) is 11.9 Å². The quantitative estimate of drug-likeness (QED) is 0.826. The number of aromatic nitrogens is 1. The van der Waals surface area contributed by atoms with Crippen molar-refractivity contribution in [2.24, 2.45) is 0 Å². The Morgan fingerprint density at radius 2 is 2.20 bits per heavy atom. The van der Waals surface area contributed by atoms with Crippen LogP contribution in [-0.2, 0) is 29.2 Å². The van der Waals surface area contributed by atoms with Gasteiger partial charge in [-0.3, -0.25) is 9.69 Å². The second-order valence-electron chi connectivity index (χ2n) is 6.38. The van der Waals surface area contributed by atoms with Gasteiger partial charge in [-0.15, -0.1) is 11.3 Å². The Balaban J connectivity index is 1.56. The zero-order chi connectivity index (χ0) is 17.6. The maximum Gasteiger partial charge on any atom is 0.237 e. The number of carbonyl (C=O) groups is 1. The molecule has 1 fully saturated rings. The van der Waals surface area contributed by atoms with Gasteiger partial charge in [0, 0.05) is 18.5 Å². The summed E-state index contributed by atoms with van der Waals surface area (Å²) >= 11 is 1.61. The molecule has 1 amide bonds. The summed E-state index contributed by atoms with van der Waals surface area (Å²) in [5.41, 5.74) is 2.23. The predicted molar refractivity (Wildman–Crippen MR) is 99.3 cm³/mol. The SMILES string of the molecule is COCc1nc(C)c(CNC(=O)[C@@H]2CCCN2Cc2ccccc2)s1. The van der Waals surface area contributed by atoms with Crippen LogP contribution in [0, 0.1) is 6.92 Å². The van der Waals surface area contributed by atoms with Crippen LogP contribution in [0.1, 0.15) is 34.0 Å². The van der Waals surface area contributed by atoms with Crippen LogP contribution in [0.5, 0.6) is 0 Å². The van der Waals surface area contributed by atoms with E-state index in [4.69, 9.17) is 4.74 Å². The van der Waals surface area contributed by atoms with E-state index in [2.05, 4.69) is 27.3 Å². The molecule has 1 aliphatic heterocycles. The smallest absolute Gasteiger partial charge is 0.237 e. The molecular weight excluding hydrogens is 334 g/mol. The molecule has 2 heterocycles. The van der Waals surface area contributed by atoms with Gasteiger partial charge in [0.2, 0.25) is 5.91 Å². The van der Waals surface area contributed by atoms with Crippen molar-refractivity contribution in [1.82, 2.24) is 15.2 Å². The number of hydrogen-bond donors (Lipinski definition) is 1. The summed E-state index contributed by atoms with van der Waals surface area (Å²) in [5, 5.41) is 4.06. The highest BCUT2D eigenvalue weighted by atomic mass is 32.1. The zero-order valence-corrected chi connectivity index (χ0v) is 15.6. The van der Waals surface area contributed by atoms with Gasteiger partial charge in [-0.1, -0.05) is 30.3 Å². The summed E-state index contributed by atoms with van der Waals surface area (Å²) < 4.78 is 5.13. The number of hydrogen-bond acceptors (Lipinski definition) is 5. The largest absolute Gasteiger partial charge is 0.378 e. The fraction of sp³-hybridized carbons (Fsp3) is 0.474. The van der Waals surface area contributed by atoms with Gasteiger partial charge in [0.05, 0.1) is 24.9 Å². The van der Waals surface area contributed by atoms with Crippen molar-refractivity contribution in [1.29, 1.82) is 0 Å². The summed E-state index contributed by atoms with van der Waals surface area (Å²) in [6.07, 6.45) is 2.00. The van der Waals surface area contributed by atoms with Crippen LogP contribution in [-0.4, -0.2) is 35.5 Å². The van der Waals surface area contributed by atoms with E-state index >= 15 is 0 Å². The Labute approximate surface area is 153 Å². The van der Waals surface area contributed by atoms with Crippen molar-refractivity contribution in [3.05, 3.63) is 51.5 Å². The van der Waals surface area contributed by atoms with Gasteiger partial charge in [-0.25, -0.2) is 4.98 Å². The van der Waals surface area contributed by atoms with E-state index in [0.29, 0.717) is 13.2 Å². The Morgan fingerprint density at radius 1 is 1.40 bits per heavy atom. The summed E-state index contributed by atoms with van der Waals surface area (Å²) in [6.45, 7) is 4.85. The third-order valence-corrected chi connectivity index (χ3v) is 5.65. The molecule has 0 saturated carbocycles. The molecule has 0 radical (unpaired) electrons. The number of nitrogens with one attached hydrogen (secondary N) is 1. The van der Waals surface area contributed by atoms with Crippen LogP contribution in [0.2, 0.25) is 0 Å². The maximum atomic E-state index is 12.7. The highest BCUT2D eigenvalue weighted by molar-refractivity contribution is 7.11. The average Bonchev–Trinajstić information content (AvgIpc) is 3.20. The van der Waals surface area contributed by atoms with Crippen LogP contribution in [0.4, 0.5) is 0 Å². The highest BCUT2D eigenvalue weighted by Gasteiger charge is 2.30. The Bertz CT molecular complexity index is 702. The summed E-state index contributed by atoms with van der Waals surface area (Å²) in [7, 11) is 1.67. The number of benzene rings is 1. The van der Waals surface area contributed by atoms with Crippen molar-refractivity contribution >= 4 is 17.2 Å². The monoisotopic (exact) mass is 359 g/mol. The minimum atomic E-state index is -0.0353. The predicted octanol–water partition coefficient (Wildman–Crippen LogP) is 2.88. The first-order chi connectivity index (χ1) is 12.2. The fourth-order valence-electron chi connectivity index (χ4n) is 3.25. The van der Waals surface area contributed by atoms with Gasteiger partial charge in [0.15, 0.2) is 0 Å². The van der Waals surface area contributed by atoms with Gasteiger partial charge >= 0.3 is 0 Å². The number of ether oxygens (including phenoxy) is 1.